The Morgan fingerprint density at radius 3 is 2.55 bits per heavy atom. The van der Waals surface area contributed by atoms with Crippen LogP contribution in [0.2, 0.25) is 0 Å². The summed E-state index contributed by atoms with van der Waals surface area (Å²) in [6, 6.07) is 13.1. The summed E-state index contributed by atoms with van der Waals surface area (Å²) < 4.78 is 32.2. The van der Waals surface area contributed by atoms with Crippen LogP contribution in [0.3, 0.4) is 0 Å². The Hall–Kier alpha value is -2.08. The van der Waals surface area contributed by atoms with E-state index < -0.39 is 10.0 Å². The summed E-state index contributed by atoms with van der Waals surface area (Å²) in [5.74, 6) is 0.717. The van der Waals surface area contributed by atoms with Gasteiger partial charge in [-0.05, 0) is 23.6 Å². The molecule has 6 heteroatoms. The number of hydrogen-bond donors (Lipinski definition) is 1. The van der Waals surface area contributed by atoms with Gasteiger partial charge in [0.15, 0.2) is 11.6 Å². The molecule has 0 spiro atoms. The molecule has 0 amide bonds. The Labute approximate surface area is 131 Å². The van der Waals surface area contributed by atoms with Crippen molar-refractivity contribution < 1.29 is 13.2 Å². The van der Waals surface area contributed by atoms with Crippen LogP contribution < -0.4 is 9.46 Å². The molecule has 1 heterocycles. The zero-order chi connectivity index (χ0) is 16.0. The van der Waals surface area contributed by atoms with Crippen LogP contribution in [0.25, 0.3) is 0 Å². The van der Waals surface area contributed by atoms with Gasteiger partial charge in [-0.3, -0.25) is 4.72 Å². The first-order valence-electron chi connectivity index (χ1n) is 7.08. The van der Waals surface area contributed by atoms with Gasteiger partial charge in [0, 0.05) is 6.20 Å². The van der Waals surface area contributed by atoms with Gasteiger partial charge in [-0.25, -0.2) is 13.4 Å². The third kappa shape index (κ3) is 5.04. The van der Waals surface area contributed by atoms with E-state index in [1.165, 1.54) is 6.20 Å². The monoisotopic (exact) mass is 320 g/mol. The van der Waals surface area contributed by atoms with Crippen molar-refractivity contribution in [3.05, 3.63) is 54.2 Å². The molecule has 0 saturated carbocycles. The number of nitrogens with zero attached hydrogens (tertiary/aromatic N) is 1. The fraction of sp³-hybridized carbons (Fsp3) is 0.312. The van der Waals surface area contributed by atoms with Gasteiger partial charge in [0.1, 0.15) is 6.61 Å². The molecule has 0 bridgehead atoms. The van der Waals surface area contributed by atoms with Gasteiger partial charge in [-0.15, -0.1) is 0 Å². The SMILES string of the molecule is CC(C)CS(=O)(=O)Nc1ncccc1OCc1ccccc1. The van der Waals surface area contributed by atoms with E-state index in [0.29, 0.717) is 12.4 Å². The number of nitrogens with one attached hydrogen (secondary N) is 1. The van der Waals surface area contributed by atoms with Crippen molar-refractivity contribution in [2.75, 3.05) is 10.5 Å². The molecule has 0 unspecified atom stereocenters. The number of aromatic nitrogens is 1. The standard InChI is InChI=1S/C16H20N2O3S/c1-13(2)12-22(19,20)18-16-15(9-6-10-17-16)21-11-14-7-4-3-5-8-14/h3-10,13H,11-12H2,1-2H3,(H,17,18). The van der Waals surface area contributed by atoms with Crippen LogP contribution in [-0.2, 0) is 16.6 Å². The predicted octanol–water partition coefficient (Wildman–Crippen LogP) is 3.06. The van der Waals surface area contributed by atoms with E-state index >= 15 is 0 Å². The van der Waals surface area contributed by atoms with Gasteiger partial charge < -0.3 is 4.74 Å². The highest BCUT2D eigenvalue weighted by molar-refractivity contribution is 7.92. The van der Waals surface area contributed by atoms with Crippen LogP contribution in [-0.4, -0.2) is 19.2 Å². The molecule has 0 atom stereocenters. The molecule has 5 nitrogen and oxygen atoms in total. The maximum Gasteiger partial charge on any atom is 0.234 e. The summed E-state index contributed by atoms with van der Waals surface area (Å²) in [5, 5.41) is 0. The Bertz CT molecular complexity index is 700. The van der Waals surface area contributed by atoms with Crippen molar-refractivity contribution in [1.82, 2.24) is 4.98 Å². The van der Waals surface area contributed by atoms with Gasteiger partial charge in [-0.2, -0.15) is 0 Å². The largest absolute Gasteiger partial charge is 0.485 e. The quantitative estimate of drug-likeness (QED) is 0.851. The molecule has 1 N–H and O–H groups in total. The van der Waals surface area contributed by atoms with Gasteiger partial charge in [0.25, 0.3) is 0 Å². The minimum Gasteiger partial charge on any atom is -0.485 e. The van der Waals surface area contributed by atoms with E-state index in [-0.39, 0.29) is 17.5 Å². The molecular formula is C16H20N2O3S. The maximum atomic E-state index is 12.0. The maximum absolute atomic E-state index is 12.0. The number of pyridine rings is 1. The number of sulfonamides is 1. The predicted molar refractivity (Wildman–Crippen MR) is 87.3 cm³/mol. The molecule has 0 aliphatic rings. The molecule has 2 aromatic rings. The number of hydrogen-bond acceptors (Lipinski definition) is 4. The molecule has 0 fully saturated rings. The summed E-state index contributed by atoms with van der Waals surface area (Å²) in [5.41, 5.74) is 1.00. The van der Waals surface area contributed by atoms with E-state index in [4.69, 9.17) is 4.74 Å². The number of benzene rings is 1. The molecule has 0 saturated heterocycles. The van der Waals surface area contributed by atoms with E-state index in [2.05, 4.69) is 9.71 Å². The Kier molecular flexibility index (Phi) is 5.38. The average Bonchev–Trinajstić information content (AvgIpc) is 2.45. The van der Waals surface area contributed by atoms with E-state index in [1.807, 2.05) is 44.2 Å². The summed E-state index contributed by atoms with van der Waals surface area (Å²) in [4.78, 5) is 4.07. The molecule has 0 aliphatic heterocycles. The summed E-state index contributed by atoms with van der Waals surface area (Å²) >= 11 is 0. The van der Waals surface area contributed by atoms with Crippen molar-refractivity contribution in [2.24, 2.45) is 5.92 Å². The van der Waals surface area contributed by atoms with Gasteiger partial charge in [0.05, 0.1) is 5.75 Å². The third-order valence-corrected chi connectivity index (χ3v) is 4.42. The van der Waals surface area contributed by atoms with E-state index in [1.54, 1.807) is 12.1 Å². The second kappa shape index (κ2) is 7.26. The lowest BCUT2D eigenvalue weighted by molar-refractivity contribution is 0.307. The van der Waals surface area contributed by atoms with Crippen molar-refractivity contribution in [1.29, 1.82) is 0 Å². The first-order chi connectivity index (χ1) is 10.5. The Morgan fingerprint density at radius 2 is 1.86 bits per heavy atom. The van der Waals surface area contributed by atoms with Gasteiger partial charge >= 0.3 is 0 Å². The smallest absolute Gasteiger partial charge is 0.234 e. The average molecular weight is 320 g/mol. The van der Waals surface area contributed by atoms with Crippen LogP contribution in [0.1, 0.15) is 19.4 Å². The summed E-state index contributed by atoms with van der Waals surface area (Å²) in [7, 11) is -3.43. The topological polar surface area (TPSA) is 68.3 Å². The fourth-order valence-corrected chi connectivity index (χ4v) is 3.36. The van der Waals surface area contributed by atoms with E-state index in [9.17, 15) is 8.42 Å². The fourth-order valence-electron chi connectivity index (χ4n) is 1.95. The van der Waals surface area contributed by atoms with Gasteiger partial charge in [-0.1, -0.05) is 44.2 Å². The number of rotatable bonds is 7. The first-order valence-corrected chi connectivity index (χ1v) is 8.74. The number of ether oxygens (including phenoxy) is 1. The molecule has 22 heavy (non-hydrogen) atoms. The highest BCUT2D eigenvalue weighted by Crippen LogP contribution is 2.23. The van der Waals surface area contributed by atoms with Gasteiger partial charge in [0.2, 0.25) is 10.0 Å². The zero-order valence-corrected chi connectivity index (χ0v) is 13.5. The summed E-state index contributed by atoms with van der Waals surface area (Å²) in [6.45, 7) is 4.06. The molecule has 1 aromatic carbocycles. The second-order valence-corrected chi connectivity index (χ2v) is 7.17. The molecule has 2 rings (SSSR count). The first kappa shape index (κ1) is 16.3. The minimum atomic E-state index is -3.43. The highest BCUT2D eigenvalue weighted by Gasteiger charge is 2.16. The Balaban J connectivity index is 2.10. The van der Waals surface area contributed by atoms with Crippen LogP contribution >= 0.6 is 0 Å². The van der Waals surface area contributed by atoms with Crippen LogP contribution in [0, 0.1) is 5.92 Å². The molecule has 118 valence electrons. The van der Waals surface area contributed by atoms with Crippen molar-refractivity contribution in [2.45, 2.75) is 20.5 Å². The van der Waals surface area contributed by atoms with E-state index in [0.717, 1.165) is 5.56 Å². The zero-order valence-electron chi connectivity index (χ0n) is 12.7. The second-order valence-electron chi connectivity index (χ2n) is 5.40. The van der Waals surface area contributed by atoms with Crippen molar-refractivity contribution in [3.8, 4) is 5.75 Å². The molecular weight excluding hydrogens is 300 g/mol. The van der Waals surface area contributed by atoms with Crippen LogP contribution in [0.5, 0.6) is 5.75 Å². The van der Waals surface area contributed by atoms with Crippen LogP contribution in [0.4, 0.5) is 5.82 Å². The lowest BCUT2D eigenvalue weighted by atomic mass is 10.2. The molecule has 0 aliphatic carbocycles. The lowest BCUT2D eigenvalue weighted by Crippen LogP contribution is -2.21. The molecule has 0 radical (unpaired) electrons. The molecule has 1 aromatic heterocycles. The lowest BCUT2D eigenvalue weighted by Gasteiger charge is -2.13. The highest BCUT2D eigenvalue weighted by atomic mass is 32.2. The number of anilines is 1. The van der Waals surface area contributed by atoms with Crippen molar-refractivity contribution >= 4 is 15.8 Å². The summed E-state index contributed by atoms with van der Waals surface area (Å²) in [6.07, 6.45) is 1.53. The van der Waals surface area contributed by atoms with Crippen LogP contribution in [0.15, 0.2) is 48.7 Å². The van der Waals surface area contributed by atoms with Crippen molar-refractivity contribution in [3.63, 3.8) is 0 Å². The Morgan fingerprint density at radius 1 is 1.14 bits per heavy atom. The normalized spacial score (nSPS) is 11.4. The minimum absolute atomic E-state index is 0.0369. The third-order valence-electron chi connectivity index (χ3n) is 2.81.